The van der Waals surface area contributed by atoms with E-state index in [0.717, 1.165) is 19.5 Å². The molecule has 0 unspecified atom stereocenters. The average molecular weight is 191 g/mol. The molecule has 2 aromatic rings. The molecular weight excluding hydrogens is 178 g/mol. The molecule has 2 N–H and O–H groups in total. The summed E-state index contributed by atoms with van der Waals surface area (Å²) in [6.07, 6.45) is 8.47. The van der Waals surface area contributed by atoms with Gasteiger partial charge in [-0.2, -0.15) is 5.10 Å². The van der Waals surface area contributed by atoms with E-state index >= 15 is 0 Å². The van der Waals surface area contributed by atoms with Gasteiger partial charge in [0.05, 0.1) is 6.33 Å². The summed E-state index contributed by atoms with van der Waals surface area (Å²) in [4.78, 5) is 3.97. The third kappa shape index (κ3) is 2.12. The van der Waals surface area contributed by atoms with Crippen LogP contribution in [0, 0.1) is 0 Å². The van der Waals surface area contributed by atoms with Crippen molar-refractivity contribution in [1.29, 1.82) is 0 Å². The molecule has 0 aromatic carbocycles. The molecule has 0 amide bonds. The SMILES string of the molecule is Nc1ccn(CCCn2ccnc2)n1. The highest BCUT2D eigenvalue weighted by atomic mass is 15.3. The second-order valence-corrected chi connectivity index (χ2v) is 3.16. The molecule has 14 heavy (non-hydrogen) atoms. The third-order valence-electron chi connectivity index (χ3n) is 2.02. The van der Waals surface area contributed by atoms with Crippen molar-refractivity contribution in [1.82, 2.24) is 19.3 Å². The minimum atomic E-state index is 0.577. The zero-order chi connectivity index (χ0) is 9.80. The molecule has 2 heterocycles. The van der Waals surface area contributed by atoms with E-state index in [4.69, 9.17) is 5.73 Å². The number of anilines is 1. The molecule has 0 bridgehead atoms. The van der Waals surface area contributed by atoms with Gasteiger partial charge in [0.1, 0.15) is 5.82 Å². The van der Waals surface area contributed by atoms with E-state index in [1.807, 2.05) is 28.0 Å². The summed E-state index contributed by atoms with van der Waals surface area (Å²) in [6.45, 7) is 1.84. The first-order chi connectivity index (χ1) is 6.84. The van der Waals surface area contributed by atoms with Gasteiger partial charge in [0.2, 0.25) is 0 Å². The second kappa shape index (κ2) is 3.95. The van der Waals surface area contributed by atoms with Crippen LogP contribution in [0.15, 0.2) is 31.0 Å². The maximum absolute atomic E-state index is 5.50. The van der Waals surface area contributed by atoms with Crippen molar-refractivity contribution in [2.45, 2.75) is 19.5 Å². The lowest BCUT2D eigenvalue weighted by Gasteiger charge is -2.02. The van der Waals surface area contributed by atoms with E-state index in [9.17, 15) is 0 Å². The van der Waals surface area contributed by atoms with Crippen molar-refractivity contribution in [3.05, 3.63) is 31.0 Å². The number of nitrogen functional groups attached to an aromatic ring is 1. The average Bonchev–Trinajstić information content (AvgIpc) is 2.77. The van der Waals surface area contributed by atoms with Crippen LogP contribution in [-0.4, -0.2) is 19.3 Å². The number of aromatic nitrogens is 4. The highest BCUT2D eigenvalue weighted by molar-refractivity contribution is 5.23. The van der Waals surface area contributed by atoms with Gasteiger partial charge in [-0.05, 0) is 12.5 Å². The van der Waals surface area contributed by atoms with E-state index in [2.05, 4.69) is 10.1 Å². The van der Waals surface area contributed by atoms with Crippen LogP contribution in [0.4, 0.5) is 5.82 Å². The number of nitrogens with two attached hydrogens (primary N) is 1. The Kier molecular flexibility index (Phi) is 2.48. The number of hydrogen-bond acceptors (Lipinski definition) is 3. The first-order valence-corrected chi connectivity index (χ1v) is 4.59. The topological polar surface area (TPSA) is 61.7 Å². The number of nitrogens with zero attached hydrogens (tertiary/aromatic N) is 4. The summed E-state index contributed by atoms with van der Waals surface area (Å²) in [5, 5.41) is 4.10. The number of aryl methyl sites for hydroxylation is 2. The monoisotopic (exact) mass is 191 g/mol. The van der Waals surface area contributed by atoms with Gasteiger partial charge >= 0.3 is 0 Å². The summed E-state index contributed by atoms with van der Waals surface area (Å²) in [7, 11) is 0. The van der Waals surface area contributed by atoms with Crippen molar-refractivity contribution in [3.63, 3.8) is 0 Å². The zero-order valence-electron chi connectivity index (χ0n) is 7.87. The van der Waals surface area contributed by atoms with Crippen molar-refractivity contribution in [3.8, 4) is 0 Å². The van der Waals surface area contributed by atoms with E-state index in [1.54, 1.807) is 12.3 Å². The van der Waals surface area contributed by atoms with Gasteiger partial charge in [0, 0.05) is 31.7 Å². The molecule has 0 saturated carbocycles. The van der Waals surface area contributed by atoms with Crippen LogP contribution in [0.3, 0.4) is 0 Å². The Bertz CT molecular complexity index is 376. The normalized spacial score (nSPS) is 10.6. The van der Waals surface area contributed by atoms with E-state index in [1.165, 1.54) is 0 Å². The molecule has 2 rings (SSSR count). The predicted octanol–water partition coefficient (Wildman–Crippen LogP) is 0.752. The van der Waals surface area contributed by atoms with Gasteiger partial charge < -0.3 is 10.3 Å². The molecule has 0 atom stereocenters. The van der Waals surface area contributed by atoms with Gasteiger partial charge in [-0.15, -0.1) is 0 Å². The smallest absolute Gasteiger partial charge is 0.145 e. The maximum Gasteiger partial charge on any atom is 0.145 e. The minimum Gasteiger partial charge on any atom is -0.382 e. The fourth-order valence-electron chi connectivity index (χ4n) is 1.34. The molecule has 0 aliphatic heterocycles. The van der Waals surface area contributed by atoms with Crippen molar-refractivity contribution < 1.29 is 0 Å². The van der Waals surface area contributed by atoms with Gasteiger partial charge in [-0.1, -0.05) is 0 Å². The molecule has 74 valence electrons. The van der Waals surface area contributed by atoms with Crippen LogP contribution in [0.2, 0.25) is 0 Å². The molecule has 0 fully saturated rings. The first kappa shape index (κ1) is 8.80. The Morgan fingerprint density at radius 2 is 2.21 bits per heavy atom. The molecule has 5 nitrogen and oxygen atoms in total. The Morgan fingerprint density at radius 1 is 1.29 bits per heavy atom. The highest BCUT2D eigenvalue weighted by Crippen LogP contribution is 1.98. The Balaban J connectivity index is 1.78. The summed E-state index contributed by atoms with van der Waals surface area (Å²) in [5.74, 6) is 0.577. The lowest BCUT2D eigenvalue weighted by Crippen LogP contribution is -2.03. The maximum atomic E-state index is 5.50. The van der Waals surface area contributed by atoms with Crippen molar-refractivity contribution >= 4 is 5.82 Å². The molecule has 2 aromatic heterocycles. The molecule has 5 heteroatoms. The lowest BCUT2D eigenvalue weighted by molar-refractivity contribution is 0.528. The van der Waals surface area contributed by atoms with Gasteiger partial charge in [-0.25, -0.2) is 4.98 Å². The second-order valence-electron chi connectivity index (χ2n) is 3.16. The van der Waals surface area contributed by atoms with E-state index < -0.39 is 0 Å². The lowest BCUT2D eigenvalue weighted by atomic mass is 10.4. The molecule has 0 radical (unpaired) electrons. The van der Waals surface area contributed by atoms with E-state index in [-0.39, 0.29) is 0 Å². The predicted molar refractivity (Wildman–Crippen MR) is 53.5 cm³/mol. The molecule has 0 aliphatic rings. The summed E-state index contributed by atoms with van der Waals surface area (Å²) in [6, 6.07) is 1.80. The fraction of sp³-hybridized carbons (Fsp3) is 0.333. The molecular formula is C9H13N5. The number of imidazole rings is 1. The van der Waals surface area contributed by atoms with Crippen LogP contribution in [0.25, 0.3) is 0 Å². The number of hydrogen-bond donors (Lipinski definition) is 1. The van der Waals surface area contributed by atoms with Crippen LogP contribution >= 0.6 is 0 Å². The van der Waals surface area contributed by atoms with Gasteiger partial charge in [0.25, 0.3) is 0 Å². The molecule has 0 aliphatic carbocycles. The largest absolute Gasteiger partial charge is 0.382 e. The van der Waals surface area contributed by atoms with Gasteiger partial charge in [-0.3, -0.25) is 4.68 Å². The quantitative estimate of drug-likeness (QED) is 0.775. The van der Waals surface area contributed by atoms with Crippen LogP contribution in [0.5, 0.6) is 0 Å². The summed E-state index contributed by atoms with van der Waals surface area (Å²) >= 11 is 0. The van der Waals surface area contributed by atoms with Crippen LogP contribution in [0.1, 0.15) is 6.42 Å². The Hall–Kier alpha value is -1.78. The molecule has 0 spiro atoms. The number of rotatable bonds is 4. The summed E-state index contributed by atoms with van der Waals surface area (Å²) < 4.78 is 3.90. The zero-order valence-corrected chi connectivity index (χ0v) is 7.87. The summed E-state index contributed by atoms with van der Waals surface area (Å²) in [5.41, 5.74) is 5.50. The van der Waals surface area contributed by atoms with Crippen LogP contribution < -0.4 is 5.73 Å². The first-order valence-electron chi connectivity index (χ1n) is 4.59. The van der Waals surface area contributed by atoms with Crippen molar-refractivity contribution in [2.75, 3.05) is 5.73 Å². The molecule has 0 saturated heterocycles. The van der Waals surface area contributed by atoms with Crippen LogP contribution in [-0.2, 0) is 13.1 Å². The van der Waals surface area contributed by atoms with E-state index in [0.29, 0.717) is 5.82 Å². The van der Waals surface area contributed by atoms with Gasteiger partial charge in [0.15, 0.2) is 0 Å². The fourth-order valence-corrected chi connectivity index (χ4v) is 1.34. The van der Waals surface area contributed by atoms with Crippen molar-refractivity contribution in [2.24, 2.45) is 0 Å². The third-order valence-corrected chi connectivity index (χ3v) is 2.02. The highest BCUT2D eigenvalue weighted by Gasteiger charge is 1.94. The standard InChI is InChI=1S/C9H13N5/c10-9-2-6-14(12-9)5-1-4-13-7-3-11-8-13/h2-3,6-8H,1,4-5H2,(H2,10,12). The Morgan fingerprint density at radius 3 is 2.86 bits per heavy atom. The minimum absolute atomic E-state index is 0.577. The Labute approximate surface area is 82.2 Å².